The minimum absolute atomic E-state index is 0.0239. The molecule has 3 aromatic rings. The summed E-state index contributed by atoms with van der Waals surface area (Å²) in [5.74, 6) is -2.09. The first-order chi connectivity index (χ1) is 10.4. The molecular weight excluding hydrogens is 307 g/mol. The van der Waals surface area contributed by atoms with E-state index in [1.807, 2.05) is 0 Å². The zero-order valence-corrected chi connectivity index (χ0v) is 12.0. The number of carbonyl (C=O) groups excluding carboxylic acids is 1. The highest BCUT2D eigenvalue weighted by Gasteiger charge is 2.29. The average molecular weight is 318 g/mol. The molecule has 0 aliphatic heterocycles. The number of carbonyl (C=O) groups is 1. The lowest BCUT2D eigenvalue weighted by Gasteiger charge is -2.09. The van der Waals surface area contributed by atoms with Crippen molar-refractivity contribution in [3.63, 3.8) is 0 Å². The van der Waals surface area contributed by atoms with Crippen molar-refractivity contribution >= 4 is 26.8 Å². The number of nitrogens with zero attached hydrogens (tertiary/aromatic N) is 1. The molecule has 0 saturated carbocycles. The third kappa shape index (κ3) is 1.98. The van der Waals surface area contributed by atoms with Crippen molar-refractivity contribution in [3.05, 3.63) is 66.1 Å². The Hall–Kier alpha value is -2.67. The molecule has 0 saturated heterocycles. The van der Waals surface area contributed by atoms with Gasteiger partial charge < -0.3 is 5.73 Å². The van der Waals surface area contributed by atoms with Gasteiger partial charge in [-0.05, 0) is 24.3 Å². The molecule has 1 aromatic heterocycles. The summed E-state index contributed by atoms with van der Waals surface area (Å²) in [6.45, 7) is 0. The Morgan fingerprint density at radius 3 is 2.23 bits per heavy atom. The normalized spacial score (nSPS) is 11.7. The van der Waals surface area contributed by atoms with Crippen molar-refractivity contribution in [2.45, 2.75) is 4.90 Å². The molecule has 7 heteroatoms. The second-order valence-electron chi connectivity index (χ2n) is 4.63. The van der Waals surface area contributed by atoms with E-state index in [4.69, 9.17) is 5.73 Å². The van der Waals surface area contributed by atoms with Crippen LogP contribution in [0.2, 0.25) is 0 Å². The van der Waals surface area contributed by atoms with Gasteiger partial charge in [0.25, 0.3) is 15.9 Å². The van der Waals surface area contributed by atoms with Crippen molar-refractivity contribution < 1.29 is 17.6 Å². The quantitative estimate of drug-likeness (QED) is 0.803. The number of fused-ring (bicyclic) bond motifs is 1. The largest absolute Gasteiger partial charge is 0.364 e. The number of hydrogen-bond acceptors (Lipinski definition) is 3. The van der Waals surface area contributed by atoms with Crippen molar-refractivity contribution in [2.75, 3.05) is 0 Å². The molecule has 0 unspecified atom stereocenters. The SMILES string of the molecule is NC(=O)c1c(F)c2ccccc2n1S(=O)(=O)c1ccccc1. The van der Waals surface area contributed by atoms with E-state index in [-0.39, 0.29) is 15.8 Å². The van der Waals surface area contributed by atoms with Crippen LogP contribution < -0.4 is 5.73 Å². The van der Waals surface area contributed by atoms with Crippen LogP contribution >= 0.6 is 0 Å². The maximum Gasteiger partial charge on any atom is 0.269 e. The molecule has 0 bridgehead atoms. The number of rotatable bonds is 3. The Morgan fingerprint density at radius 2 is 1.59 bits per heavy atom. The van der Waals surface area contributed by atoms with Gasteiger partial charge in [0.05, 0.1) is 10.4 Å². The molecule has 3 rings (SSSR count). The van der Waals surface area contributed by atoms with Gasteiger partial charge in [-0.1, -0.05) is 30.3 Å². The van der Waals surface area contributed by atoms with E-state index in [1.54, 1.807) is 30.3 Å². The summed E-state index contributed by atoms with van der Waals surface area (Å²) < 4.78 is 40.6. The molecule has 1 amide bonds. The average Bonchev–Trinajstić information content (AvgIpc) is 2.82. The highest BCUT2D eigenvalue weighted by molar-refractivity contribution is 7.90. The zero-order chi connectivity index (χ0) is 15.9. The van der Waals surface area contributed by atoms with Crippen LogP contribution in [0.5, 0.6) is 0 Å². The first-order valence-electron chi connectivity index (χ1n) is 6.34. The number of para-hydroxylation sites is 1. The van der Waals surface area contributed by atoms with Crippen LogP contribution in [0.4, 0.5) is 4.39 Å². The molecular formula is C15H11FN2O3S. The molecule has 1 heterocycles. The van der Waals surface area contributed by atoms with E-state index in [2.05, 4.69) is 0 Å². The minimum atomic E-state index is -4.14. The first-order valence-corrected chi connectivity index (χ1v) is 7.78. The number of halogens is 1. The summed E-state index contributed by atoms with van der Waals surface area (Å²) in [6, 6.07) is 13.4. The Kier molecular flexibility index (Phi) is 3.22. The maximum absolute atomic E-state index is 14.4. The van der Waals surface area contributed by atoms with Crippen LogP contribution in [-0.2, 0) is 10.0 Å². The number of primary amides is 1. The van der Waals surface area contributed by atoms with Gasteiger partial charge in [0, 0.05) is 5.39 Å². The summed E-state index contributed by atoms with van der Waals surface area (Å²) in [5.41, 5.74) is 4.58. The van der Waals surface area contributed by atoms with E-state index >= 15 is 0 Å². The summed E-state index contributed by atoms with van der Waals surface area (Å²) >= 11 is 0. The molecule has 2 aromatic carbocycles. The van der Waals surface area contributed by atoms with Crippen LogP contribution in [0, 0.1) is 5.82 Å². The molecule has 0 aliphatic carbocycles. The van der Waals surface area contributed by atoms with E-state index in [0.29, 0.717) is 3.97 Å². The monoisotopic (exact) mass is 318 g/mol. The van der Waals surface area contributed by atoms with Gasteiger partial charge in [-0.3, -0.25) is 4.79 Å². The molecule has 112 valence electrons. The molecule has 2 N–H and O–H groups in total. The molecule has 0 fully saturated rings. The van der Waals surface area contributed by atoms with Gasteiger partial charge >= 0.3 is 0 Å². The predicted octanol–water partition coefficient (Wildman–Crippen LogP) is 2.12. The molecule has 0 spiro atoms. The molecule has 5 nitrogen and oxygen atoms in total. The smallest absolute Gasteiger partial charge is 0.269 e. The van der Waals surface area contributed by atoms with E-state index < -0.39 is 27.4 Å². The van der Waals surface area contributed by atoms with Crippen LogP contribution in [0.25, 0.3) is 10.9 Å². The summed E-state index contributed by atoms with van der Waals surface area (Å²) in [5, 5.41) is 0.0239. The fourth-order valence-corrected chi connectivity index (χ4v) is 3.87. The Bertz CT molecular complexity index is 979. The van der Waals surface area contributed by atoms with Gasteiger partial charge in [-0.2, -0.15) is 0 Å². The fourth-order valence-electron chi connectivity index (χ4n) is 2.33. The number of aromatic nitrogens is 1. The van der Waals surface area contributed by atoms with Gasteiger partial charge in [0.15, 0.2) is 11.5 Å². The number of amides is 1. The summed E-state index contributed by atoms with van der Waals surface area (Å²) in [7, 11) is -4.14. The summed E-state index contributed by atoms with van der Waals surface area (Å²) in [4.78, 5) is 11.5. The third-order valence-electron chi connectivity index (χ3n) is 3.29. The third-order valence-corrected chi connectivity index (χ3v) is 5.01. The van der Waals surface area contributed by atoms with Crippen LogP contribution in [0.15, 0.2) is 59.5 Å². The van der Waals surface area contributed by atoms with Crippen LogP contribution in [0.1, 0.15) is 10.5 Å². The van der Waals surface area contributed by atoms with E-state index in [9.17, 15) is 17.6 Å². The maximum atomic E-state index is 14.4. The lowest BCUT2D eigenvalue weighted by Crippen LogP contribution is -2.23. The zero-order valence-electron chi connectivity index (χ0n) is 11.2. The standard InChI is InChI=1S/C15H11FN2O3S/c16-13-11-8-4-5-9-12(11)18(14(13)15(17)19)22(20,21)10-6-2-1-3-7-10/h1-9H,(H2,17,19). The number of benzene rings is 2. The molecule has 0 radical (unpaired) electrons. The lowest BCUT2D eigenvalue weighted by atomic mass is 10.2. The Morgan fingerprint density at radius 1 is 1.00 bits per heavy atom. The Labute approximate surface area is 125 Å². The molecule has 0 aliphatic rings. The predicted molar refractivity (Wildman–Crippen MR) is 79.4 cm³/mol. The summed E-state index contributed by atoms with van der Waals surface area (Å²) in [6.07, 6.45) is 0. The number of hydrogen-bond donors (Lipinski definition) is 1. The van der Waals surface area contributed by atoms with Crippen molar-refractivity contribution in [1.29, 1.82) is 0 Å². The number of nitrogens with two attached hydrogens (primary N) is 1. The van der Waals surface area contributed by atoms with Crippen LogP contribution in [-0.4, -0.2) is 18.3 Å². The minimum Gasteiger partial charge on any atom is -0.364 e. The molecule has 0 atom stereocenters. The van der Waals surface area contributed by atoms with E-state index in [1.165, 1.54) is 24.3 Å². The lowest BCUT2D eigenvalue weighted by molar-refractivity contribution is 0.0991. The highest BCUT2D eigenvalue weighted by atomic mass is 32.2. The van der Waals surface area contributed by atoms with Gasteiger partial charge in [0.1, 0.15) is 0 Å². The van der Waals surface area contributed by atoms with Crippen LogP contribution in [0.3, 0.4) is 0 Å². The molecule has 22 heavy (non-hydrogen) atoms. The van der Waals surface area contributed by atoms with Crippen molar-refractivity contribution in [1.82, 2.24) is 3.97 Å². The Balaban J connectivity index is 2.45. The second kappa shape index (κ2) is 4.96. The van der Waals surface area contributed by atoms with Crippen molar-refractivity contribution in [2.24, 2.45) is 5.73 Å². The van der Waals surface area contributed by atoms with Gasteiger partial charge in [0.2, 0.25) is 0 Å². The van der Waals surface area contributed by atoms with Gasteiger partial charge in [-0.25, -0.2) is 16.8 Å². The fraction of sp³-hybridized carbons (Fsp3) is 0. The first kappa shape index (κ1) is 14.3. The second-order valence-corrected chi connectivity index (χ2v) is 6.41. The van der Waals surface area contributed by atoms with Gasteiger partial charge in [-0.15, -0.1) is 0 Å². The van der Waals surface area contributed by atoms with E-state index in [0.717, 1.165) is 0 Å². The van der Waals surface area contributed by atoms with Crippen molar-refractivity contribution in [3.8, 4) is 0 Å². The highest BCUT2D eigenvalue weighted by Crippen LogP contribution is 2.28. The topological polar surface area (TPSA) is 82.2 Å².